The van der Waals surface area contributed by atoms with E-state index < -0.39 is 15.8 Å². The number of likely N-dealkylation sites (tertiary alicyclic amines) is 1. The standard InChI is InChI=1S/C14H18FN3O2S/c1-18-6-4-11(5-7-18)10-17-21(19,20)13-2-3-14(15)12(8-13)9-16/h2-3,8,11,17H,4-7,10H2,1H3. The predicted molar refractivity (Wildman–Crippen MR) is 76.5 cm³/mol. The Hall–Kier alpha value is -1.49. The van der Waals surface area contributed by atoms with Crippen molar-refractivity contribution in [2.24, 2.45) is 5.92 Å². The largest absolute Gasteiger partial charge is 0.306 e. The van der Waals surface area contributed by atoms with Gasteiger partial charge in [-0.15, -0.1) is 0 Å². The molecule has 1 aliphatic rings. The summed E-state index contributed by atoms with van der Waals surface area (Å²) in [4.78, 5) is 2.14. The van der Waals surface area contributed by atoms with Gasteiger partial charge in [-0.05, 0) is 57.1 Å². The molecule has 1 fully saturated rings. The first kappa shape index (κ1) is 15.9. The lowest BCUT2D eigenvalue weighted by molar-refractivity contribution is 0.220. The molecule has 7 heteroatoms. The highest BCUT2D eigenvalue weighted by atomic mass is 32.2. The number of nitrogens with zero attached hydrogens (tertiary/aromatic N) is 2. The van der Waals surface area contributed by atoms with Crippen LogP contribution in [0.15, 0.2) is 23.1 Å². The molecule has 21 heavy (non-hydrogen) atoms. The van der Waals surface area contributed by atoms with Gasteiger partial charge >= 0.3 is 0 Å². The summed E-state index contributed by atoms with van der Waals surface area (Å²) in [6.45, 7) is 2.29. The third kappa shape index (κ3) is 4.00. The molecule has 1 heterocycles. The van der Waals surface area contributed by atoms with Gasteiger partial charge in [0.1, 0.15) is 11.9 Å². The fraction of sp³-hybridized carbons (Fsp3) is 0.500. The number of rotatable bonds is 4. The van der Waals surface area contributed by atoms with Crippen LogP contribution in [0, 0.1) is 23.1 Å². The summed E-state index contributed by atoms with van der Waals surface area (Å²) >= 11 is 0. The van der Waals surface area contributed by atoms with E-state index >= 15 is 0 Å². The molecule has 0 spiro atoms. The molecule has 1 aliphatic heterocycles. The SMILES string of the molecule is CN1CCC(CNS(=O)(=O)c2ccc(F)c(C#N)c2)CC1. The Morgan fingerprint density at radius 2 is 2.10 bits per heavy atom. The smallest absolute Gasteiger partial charge is 0.240 e. The number of nitriles is 1. The third-order valence-electron chi connectivity index (χ3n) is 3.77. The minimum atomic E-state index is -3.70. The zero-order chi connectivity index (χ0) is 15.5. The summed E-state index contributed by atoms with van der Waals surface area (Å²) in [5.74, 6) is -0.404. The number of halogens is 1. The quantitative estimate of drug-likeness (QED) is 0.910. The Morgan fingerprint density at radius 1 is 1.43 bits per heavy atom. The second-order valence-corrected chi connectivity index (χ2v) is 7.12. The first-order chi connectivity index (χ1) is 9.92. The molecule has 5 nitrogen and oxygen atoms in total. The molecule has 0 radical (unpaired) electrons. The fourth-order valence-electron chi connectivity index (χ4n) is 2.33. The van der Waals surface area contributed by atoms with Gasteiger partial charge in [-0.2, -0.15) is 5.26 Å². The van der Waals surface area contributed by atoms with Crippen molar-refractivity contribution in [3.05, 3.63) is 29.6 Å². The van der Waals surface area contributed by atoms with Crippen LogP contribution in [0.1, 0.15) is 18.4 Å². The number of sulfonamides is 1. The van der Waals surface area contributed by atoms with Gasteiger partial charge in [-0.1, -0.05) is 0 Å². The van der Waals surface area contributed by atoms with Crippen molar-refractivity contribution in [3.63, 3.8) is 0 Å². The Morgan fingerprint density at radius 3 is 2.71 bits per heavy atom. The van der Waals surface area contributed by atoms with E-state index in [-0.39, 0.29) is 10.5 Å². The number of hydrogen-bond acceptors (Lipinski definition) is 4. The number of hydrogen-bond donors (Lipinski definition) is 1. The molecule has 0 atom stereocenters. The van der Waals surface area contributed by atoms with Crippen LogP contribution in [-0.2, 0) is 10.0 Å². The Bertz CT molecular complexity index is 647. The van der Waals surface area contributed by atoms with Crippen LogP contribution in [-0.4, -0.2) is 40.0 Å². The van der Waals surface area contributed by atoms with Crippen LogP contribution in [0.25, 0.3) is 0 Å². The van der Waals surface area contributed by atoms with Crippen molar-refractivity contribution in [1.82, 2.24) is 9.62 Å². The summed E-state index contributed by atoms with van der Waals surface area (Å²) in [6, 6.07) is 4.88. The van der Waals surface area contributed by atoms with Gasteiger partial charge in [0.2, 0.25) is 10.0 Å². The van der Waals surface area contributed by atoms with Gasteiger partial charge in [0.05, 0.1) is 10.5 Å². The van der Waals surface area contributed by atoms with Crippen molar-refractivity contribution in [3.8, 4) is 6.07 Å². The summed E-state index contributed by atoms with van der Waals surface area (Å²) in [7, 11) is -1.66. The van der Waals surface area contributed by atoms with E-state index in [0.29, 0.717) is 12.5 Å². The van der Waals surface area contributed by atoms with Crippen LogP contribution >= 0.6 is 0 Å². The topological polar surface area (TPSA) is 73.2 Å². The molecule has 0 unspecified atom stereocenters. The van der Waals surface area contributed by atoms with Gasteiger partial charge in [0, 0.05) is 6.54 Å². The maximum absolute atomic E-state index is 13.2. The second kappa shape index (κ2) is 6.52. The summed E-state index contributed by atoms with van der Waals surface area (Å²) in [5.41, 5.74) is -0.267. The van der Waals surface area contributed by atoms with Crippen molar-refractivity contribution in [2.45, 2.75) is 17.7 Å². The van der Waals surface area contributed by atoms with E-state index in [1.54, 1.807) is 6.07 Å². The molecule has 0 bridgehead atoms. The highest BCUT2D eigenvalue weighted by Crippen LogP contribution is 2.17. The molecule has 1 saturated heterocycles. The van der Waals surface area contributed by atoms with Gasteiger partial charge in [-0.25, -0.2) is 17.5 Å². The van der Waals surface area contributed by atoms with Crippen molar-refractivity contribution in [1.29, 1.82) is 5.26 Å². The molecular weight excluding hydrogens is 293 g/mol. The fourth-order valence-corrected chi connectivity index (χ4v) is 3.48. The molecular formula is C14H18FN3O2S. The lowest BCUT2D eigenvalue weighted by Crippen LogP contribution is -2.36. The van der Waals surface area contributed by atoms with E-state index in [0.717, 1.165) is 38.1 Å². The van der Waals surface area contributed by atoms with Gasteiger partial charge in [0.25, 0.3) is 0 Å². The molecule has 0 amide bonds. The molecule has 1 aromatic carbocycles. The molecule has 2 rings (SSSR count). The number of nitrogens with one attached hydrogen (secondary N) is 1. The van der Waals surface area contributed by atoms with E-state index in [9.17, 15) is 12.8 Å². The normalized spacial score (nSPS) is 17.6. The van der Waals surface area contributed by atoms with Crippen LogP contribution in [0.5, 0.6) is 0 Å². The minimum absolute atomic E-state index is 0.0756. The lowest BCUT2D eigenvalue weighted by atomic mass is 9.98. The van der Waals surface area contributed by atoms with Crippen LogP contribution < -0.4 is 4.72 Å². The lowest BCUT2D eigenvalue weighted by Gasteiger charge is -2.28. The summed E-state index contributed by atoms with van der Waals surface area (Å²) < 4.78 is 40.1. The van der Waals surface area contributed by atoms with Crippen LogP contribution in [0.4, 0.5) is 4.39 Å². The van der Waals surface area contributed by atoms with Gasteiger partial charge in [-0.3, -0.25) is 0 Å². The Kier molecular flexibility index (Phi) is 4.93. The minimum Gasteiger partial charge on any atom is -0.306 e. The van der Waals surface area contributed by atoms with Crippen molar-refractivity contribution >= 4 is 10.0 Å². The molecule has 0 saturated carbocycles. The second-order valence-electron chi connectivity index (χ2n) is 5.35. The number of benzene rings is 1. The molecule has 114 valence electrons. The van der Waals surface area contributed by atoms with Crippen LogP contribution in [0.3, 0.4) is 0 Å². The van der Waals surface area contributed by atoms with E-state index in [1.807, 2.05) is 7.05 Å². The first-order valence-corrected chi connectivity index (χ1v) is 8.28. The summed E-state index contributed by atoms with van der Waals surface area (Å²) in [5, 5.41) is 8.76. The average molecular weight is 311 g/mol. The monoisotopic (exact) mass is 311 g/mol. The van der Waals surface area contributed by atoms with Crippen molar-refractivity contribution < 1.29 is 12.8 Å². The molecule has 1 aromatic rings. The van der Waals surface area contributed by atoms with E-state index in [1.165, 1.54) is 6.07 Å². The highest BCUT2D eigenvalue weighted by Gasteiger charge is 2.21. The van der Waals surface area contributed by atoms with Crippen molar-refractivity contribution in [2.75, 3.05) is 26.7 Å². The average Bonchev–Trinajstić information content (AvgIpc) is 2.47. The van der Waals surface area contributed by atoms with Gasteiger partial charge < -0.3 is 4.90 Å². The molecule has 1 N–H and O–H groups in total. The third-order valence-corrected chi connectivity index (χ3v) is 5.19. The maximum Gasteiger partial charge on any atom is 0.240 e. The maximum atomic E-state index is 13.2. The van der Waals surface area contributed by atoms with Crippen LogP contribution in [0.2, 0.25) is 0 Å². The molecule has 0 aromatic heterocycles. The summed E-state index contributed by atoms with van der Waals surface area (Å²) in [6.07, 6.45) is 1.90. The number of piperidine rings is 1. The highest BCUT2D eigenvalue weighted by molar-refractivity contribution is 7.89. The Labute approximate surface area is 124 Å². The predicted octanol–water partition coefficient (Wildman–Crippen LogP) is 1.32. The Balaban J connectivity index is 2.03. The molecule has 0 aliphatic carbocycles. The van der Waals surface area contributed by atoms with Gasteiger partial charge in [0.15, 0.2) is 0 Å². The first-order valence-electron chi connectivity index (χ1n) is 6.80. The zero-order valence-corrected chi connectivity index (χ0v) is 12.7. The zero-order valence-electron chi connectivity index (χ0n) is 11.8. The van der Waals surface area contributed by atoms with E-state index in [4.69, 9.17) is 5.26 Å². The van der Waals surface area contributed by atoms with E-state index in [2.05, 4.69) is 9.62 Å².